The number of hydrogen-bond donors (Lipinski definition) is 1. The number of nitrogens with two attached hydrogens (primary N) is 1. The summed E-state index contributed by atoms with van der Waals surface area (Å²) in [7, 11) is 1.58. The van der Waals surface area contributed by atoms with Crippen LogP contribution >= 0.6 is 0 Å². The molecule has 4 nitrogen and oxygen atoms in total. The number of nitrogen functional groups attached to an aromatic ring is 1. The number of ether oxygens (including phenoxy) is 1. The van der Waals surface area contributed by atoms with Crippen molar-refractivity contribution in [2.45, 2.75) is 0 Å². The van der Waals surface area contributed by atoms with Crippen molar-refractivity contribution in [2.75, 3.05) is 12.8 Å². The number of hydrogen-bond acceptors (Lipinski definition) is 4. The van der Waals surface area contributed by atoms with E-state index in [1.54, 1.807) is 19.4 Å². The van der Waals surface area contributed by atoms with Gasteiger partial charge < -0.3 is 14.9 Å². The van der Waals surface area contributed by atoms with Crippen LogP contribution < -0.4 is 10.5 Å². The van der Waals surface area contributed by atoms with Gasteiger partial charge in [0, 0.05) is 5.56 Å². The van der Waals surface area contributed by atoms with E-state index in [1.807, 2.05) is 42.5 Å². The third-order valence-electron chi connectivity index (χ3n) is 3.04. The number of methoxy groups -OCH3 is 1. The molecule has 0 amide bonds. The minimum atomic E-state index is 0.494. The van der Waals surface area contributed by atoms with Crippen molar-refractivity contribution in [3.05, 3.63) is 54.7 Å². The molecular formula is C16H14N2O2. The molecule has 0 unspecified atom stereocenters. The third kappa shape index (κ3) is 2.12. The second kappa shape index (κ2) is 5.09. The fourth-order valence-electron chi connectivity index (χ4n) is 2.09. The lowest BCUT2D eigenvalue weighted by Gasteiger charge is -2.07. The smallest absolute Gasteiger partial charge is 0.230 e. The van der Waals surface area contributed by atoms with Crippen LogP contribution in [0.1, 0.15) is 0 Å². The first-order valence-corrected chi connectivity index (χ1v) is 6.23. The quantitative estimate of drug-likeness (QED) is 0.736. The van der Waals surface area contributed by atoms with E-state index < -0.39 is 0 Å². The largest absolute Gasteiger partial charge is 0.494 e. The molecule has 0 saturated carbocycles. The topological polar surface area (TPSA) is 61.3 Å². The second-order valence-corrected chi connectivity index (χ2v) is 4.32. The zero-order chi connectivity index (χ0) is 13.9. The van der Waals surface area contributed by atoms with E-state index in [9.17, 15) is 0 Å². The van der Waals surface area contributed by atoms with Crippen molar-refractivity contribution < 1.29 is 9.15 Å². The molecule has 2 N–H and O–H groups in total. The Kier molecular flexibility index (Phi) is 3.13. The molecule has 0 bridgehead atoms. The molecule has 4 heteroatoms. The maximum atomic E-state index is 5.89. The van der Waals surface area contributed by atoms with Crippen LogP contribution in [-0.2, 0) is 0 Å². The van der Waals surface area contributed by atoms with Gasteiger partial charge in [0.1, 0.15) is 0 Å². The van der Waals surface area contributed by atoms with Crippen molar-refractivity contribution in [1.29, 1.82) is 0 Å². The first kappa shape index (κ1) is 12.3. The monoisotopic (exact) mass is 266 g/mol. The molecular weight excluding hydrogens is 252 g/mol. The molecule has 20 heavy (non-hydrogen) atoms. The number of oxazole rings is 1. The highest BCUT2D eigenvalue weighted by Crippen LogP contribution is 2.35. The van der Waals surface area contributed by atoms with E-state index in [2.05, 4.69) is 4.98 Å². The molecule has 3 rings (SSSR count). The molecule has 0 aliphatic rings. The number of para-hydroxylation sites is 1. The highest BCUT2D eigenvalue weighted by Gasteiger charge is 2.14. The molecule has 2 aromatic carbocycles. The van der Waals surface area contributed by atoms with Gasteiger partial charge in [-0.15, -0.1) is 0 Å². The summed E-state index contributed by atoms with van der Waals surface area (Å²) in [5.74, 6) is 1.78. The van der Waals surface area contributed by atoms with Gasteiger partial charge in [0.25, 0.3) is 0 Å². The van der Waals surface area contributed by atoms with E-state index in [-0.39, 0.29) is 0 Å². The lowest BCUT2D eigenvalue weighted by molar-refractivity contribution is 0.416. The highest BCUT2D eigenvalue weighted by atomic mass is 16.5. The fraction of sp³-hybridized carbons (Fsp3) is 0.0625. The lowest BCUT2D eigenvalue weighted by Crippen LogP contribution is -1.94. The molecule has 0 fully saturated rings. The first-order valence-electron chi connectivity index (χ1n) is 6.23. The van der Waals surface area contributed by atoms with Crippen molar-refractivity contribution in [3.8, 4) is 28.5 Å². The van der Waals surface area contributed by atoms with Crippen LogP contribution in [0, 0.1) is 0 Å². The average molecular weight is 266 g/mol. The normalized spacial score (nSPS) is 10.4. The van der Waals surface area contributed by atoms with E-state index in [4.69, 9.17) is 14.9 Å². The second-order valence-electron chi connectivity index (χ2n) is 4.32. The number of anilines is 1. The summed E-state index contributed by atoms with van der Waals surface area (Å²) in [5.41, 5.74) is 8.18. The van der Waals surface area contributed by atoms with Gasteiger partial charge in [-0.1, -0.05) is 36.4 Å². The van der Waals surface area contributed by atoms with Gasteiger partial charge in [0.2, 0.25) is 5.89 Å². The summed E-state index contributed by atoms with van der Waals surface area (Å²) in [6.07, 6.45) is 1.70. The van der Waals surface area contributed by atoms with E-state index in [1.165, 1.54) is 0 Å². The Balaban J connectivity index is 2.05. The van der Waals surface area contributed by atoms with Crippen molar-refractivity contribution in [3.63, 3.8) is 0 Å². The summed E-state index contributed by atoms with van der Waals surface area (Å²) in [6, 6.07) is 15.3. The van der Waals surface area contributed by atoms with Crippen LogP contribution in [0.15, 0.2) is 59.1 Å². The maximum absolute atomic E-state index is 5.89. The van der Waals surface area contributed by atoms with Gasteiger partial charge in [-0.25, -0.2) is 4.98 Å². The Morgan fingerprint density at radius 2 is 1.85 bits per heavy atom. The molecule has 0 atom stereocenters. The lowest BCUT2D eigenvalue weighted by atomic mass is 10.1. The van der Waals surface area contributed by atoms with Crippen LogP contribution in [0.2, 0.25) is 0 Å². The Labute approximate surface area is 116 Å². The molecule has 100 valence electrons. The summed E-state index contributed by atoms with van der Waals surface area (Å²) in [6.45, 7) is 0. The summed E-state index contributed by atoms with van der Waals surface area (Å²) in [5, 5.41) is 0. The number of aromatic nitrogens is 1. The van der Waals surface area contributed by atoms with E-state index in [0.29, 0.717) is 23.1 Å². The van der Waals surface area contributed by atoms with Crippen molar-refractivity contribution in [2.24, 2.45) is 0 Å². The molecule has 1 heterocycles. The van der Waals surface area contributed by atoms with Crippen LogP contribution in [0.5, 0.6) is 5.75 Å². The van der Waals surface area contributed by atoms with Crippen LogP contribution in [0.4, 0.5) is 5.69 Å². The standard InChI is InChI=1S/C16H14N2O2/c1-19-15-12(8-5-9-13(15)17)16-18-10-14(20-16)11-6-3-2-4-7-11/h2-10H,17H2,1H3. The predicted molar refractivity (Wildman–Crippen MR) is 78.3 cm³/mol. The van der Waals surface area contributed by atoms with Gasteiger partial charge in [-0.2, -0.15) is 0 Å². The predicted octanol–water partition coefficient (Wildman–Crippen LogP) is 3.60. The van der Waals surface area contributed by atoms with E-state index >= 15 is 0 Å². The SMILES string of the molecule is COc1c(N)cccc1-c1ncc(-c2ccccc2)o1. The Bertz CT molecular complexity index is 720. The number of nitrogens with zero attached hydrogens (tertiary/aromatic N) is 1. The highest BCUT2D eigenvalue weighted by molar-refractivity contribution is 5.73. The molecule has 0 saturated heterocycles. The minimum absolute atomic E-state index is 0.494. The van der Waals surface area contributed by atoms with Gasteiger partial charge >= 0.3 is 0 Å². The van der Waals surface area contributed by atoms with Crippen LogP contribution in [-0.4, -0.2) is 12.1 Å². The fourth-order valence-corrected chi connectivity index (χ4v) is 2.09. The zero-order valence-corrected chi connectivity index (χ0v) is 11.0. The summed E-state index contributed by atoms with van der Waals surface area (Å²) < 4.78 is 11.1. The third-order valence-corrected chi connectivity index (χ3v) is 3.04. The van der Waals surface area contributed by atoms with Crippen molar-refractivity contribution in [1.82, 2.24) is 4.98 Å². The zero-order valence-electron chi connectivity index (χ0n) is 11.0. The van der Waals surface area contributed by atoms with Crippen LogP contribution in [0.3, 0.4) is 0 Å². The van der Waals surface area contributed by atoms with E-state index in [0.717, 1.165) is 11.1 Å². The van der Waals surface area contributed by atoms with Gasteiger partial charge in [0.05, 0.1) is 24.6 Å². The summed E-state index contributed by atoms with van der Waals surface area (Å²) >= 11 is 0. The molecule has 0 aliphatic carbocycles. The molecule has 0 radical (unpaired) electrons. The summed E-state index contributed by atoms with van der Waals surface area (Å²) in [4.78, 5) is 4.31. The number of benzene rings is 2. The van der Waals surface area contributed by atoms with Gasteiger partial charge in [-0.05, 0) is 12.1 Å². The van der Waals surface area contributed by atoms with Crippen molar-refractivity contribution >= 4 is 5.69 Å². The molecule has 3 aromatic rings. The Morgan fingerprint density at radius 1 is 1.05 bits per heavy atom. The van der Waals surface area contributed by atoms with Gasteiger partial charge in [-0.3, -0.25) is 0 Å². The van der Waals surface area contributed by atoms with Crippen LogP contribution in [0.25, 0.3) is 22.8 Å². The molecule has 1 aromatic heterocycles. The molecule has 0 spiro atoms. The first-order chi connectivity index (χ1) is 9.79. The minimum Gasteiger partial charge on any atom is -0.494 e. The Hall–Kier alpha value is -2.75. The number of rotatable bonds is 3. The molecule has 0 aliphatic heterocycles. The van der Waals surface area contributed by atoms with Gasteiger partial charge in [0.15, 0.2) is 11.5 Å². The maximum Gasteiger partial charge on any atom is 0.230 e. The average Bonchev–Trinajstić information content (AvgIpc) is 2.97. The Morgan fingerprint density at radius 3 is 2.60 bits per heavy atom.